The Hall–Kier alpha value is -3.33. The number of methoxy groups -OCH3 is 6. The third kappa shape index (κ3) is 5.93. The van der Waals surface area contributed by atoms with Gasteiger partial charge < -0.3 is 28.4 Å². The van der Waals surface area contributed by atoms with Crippen LogP contribution < -0.4 is 28.4 Å². The summed E-state index contributed by atoms with van der Waals surface area (Å²) in [6.45, 7) is 4.99. The van der Waals surface area contributed by atoms with Crippen LogP contribution in [0.15, 0.2) is 36.4 Å². The molecule has 8 nitrogen and oxygen atoms in total. The average Bonchev–Trinajstić information content (AvgIpc) is 3.02. The van der Waals surface area contributed by atoms with Crippen LogP contribution in [0.2, 0.25) is 0 Å². The molecule has 5 rings (SSSR count). The Morgan fingerprint density at radius 2 is 1.19 bits per heavy atom. The standard InChI is InChI=1S/C34H44N2O6.ClH/c1-21-29-23(18-27(37-3)31(39-5)33(29)41-7)14-16-36(21)20-25-12-10-9-11-22(25)17-26-30-24(13-15-35(26)2)19-28(38-4)32(40-6)34(30)42-8;/h9-12,18-19,21,26H,13-17,20H2,1-8H3;1H. The molecule has 0 saturated heterocycles. The number of hydrogen-bond acceptors (Lipinski definition) is 8. The molecule has 0 bridgehead atoms. The van der Waals surface area contributed by atoms with E-state index in [4.69, 9.17) is 28.4 Å². The van der Waals surface area contributed by atoms with Crippen molar-refractivity contribution in [2.45, 2.75) is 44.8 Å². The summed E-state index contributed by atoms with van der Waals surface area (Å²) in [6, 6.07) is 13.3. The molecule has 2 atom stereocenters. The Labute approximate surface area is 262 Å². The fraction of sp³-hybridized carbons (Fsp3) is 0.471. The summed E-state index contributed by atoms with van der Waals surface area (Å²) < 4.78 is 34.7. The molecule has 3 aromatic carbocycles. The van der Waals surface area contributed by atoms with Gasteiger partial charge in [0, 0.05) is 42.8 Å². The zero-order chi connectivity index (χ0) is 30.0. The van der Waals surface area contributed by atoms with Crippen LogP contribution in [-0.4, -0.2) is 72.6 Å². The third-order valence-electron chi connectivity index (χ3n) is 9.05. The van der Waals surface area contributed by atoms with Crippen LogP contribution in [0.3, 0.4) is 0 Å². The minimum Gasteiger partial charge on any atom is -0.493 e. The SMILES string of the molecule is COc1cc2c(c(OC)c1OC)C(Cc1ccccc1CN1CCc3cc(OC)c(OC)c(OC)c3C1C)N(C)CC2.Cl. The smallest absolute Gasteiger partial charge is 0.203 e. The topological polar surface area (TPSA) is 61.9 Å². The van der Waals surface area contributed by atoms with Gasteiger partial charge in [-0.3, -0.25) is 9.80 Å². The van der Waals surface area contributed by atoms with Crippen LogP contribution in [0, 0.1) is 0 Å². The molecule has 0 saturated carbocycles. The van der Waals surface area contributed by atoms with Gasteiger partial charge in [0.25, 0.3) is 0 Å². The zero-order valence-electron chi connectivity index (χ0n) is 26.6. The van der Waals surface area contributed by atoms with E-state index >= 15 is 0 Å². The lowest BCUT2D eigenvalue weighted by molar-refractivity contribution is 0.181. The summed E-state index contributed by atoms with van der Waals surface area (Å²) in [7, 11) is 12.3. The predicted octanol–water partition coefficient (Wildman–Crippen LogP) is 6.05. The fourth-order valence-electron chi connectivity index (χ4n) is 6.82. The van der Waals surface area contributed by atoms with E-state index in [1.54, 1.807) is 42.7 Å². The molecular weight excluding hydrogens is 568 g/mol. The van der Waals surface area contributed by atoms with Gasteiger partial charge in [0.05, 0.1) is 42.7 Å². The van der Waals surface area contributed by atoms with Gasteiger partial charge in [-0.25, -0.2) is 0 Å². The highest BCUT2D eigenvalue weighted by atomic mass is 35.5. The molecule has 9 heteroatoms. The van der Waals surface area contributed by atoms with E-state index in [1.165, 1.54) is 33.4 Å². The number of rotatable bonds is 10. The molecule has 0 amide bonds. The summed E-state index contributed by atoms with van der Waals surface area (Å²) in [5.74, 6) is 4.23. The minimum absolute atomic E-state index is 0. The van der Waals surface area contributed by atoms with E-state index in [2.05, 4.69) is 60.2 Å². The molecule has 0 fully saturated rings. The first-order valence-electron chi connectivity index (χ1n) is 14.5. The van der Waals surface area contributed by atoms with Crippen molar-refractivity contribution in [3.8, 4) is 34.5 Å². The van der Waals surface area contributed by atoms with E-state index in [9.17, 15) is 0 Å². The maximum atomic E-state index is 5.98. The summed E-state index contributed by atoms with van der Waals surface area (Å²) in [6.07, 6.45) is 2.70. The molecule has 0 N–H and O–H groups in total. The monoisotopic (exact) mass is 612 g/mol. The van der Waals surface area contributed by atoms with Gasteiger partial charge in [0.1, 0.15) is 0 Å². The van der Waals surface area contributed by atoms with Crippen LogP contribution in [0.25, 0.3) is 0 Å². The first kappa shape index (κ1) is 32.6. The maximum Gasteiger partial charge on any atom is 0.203 e. The lowest BCUT2D eigenvalue weighted by atomic mass is 9.86. The Morgan fingerprint density at radius 1 is 0.674 bits per heavy atom. The van der Waals surface area contributed by atoms with Crippen molar-refractivity contribution in [3.05, 3.63) is 69.8 Å². The van der Waals surface area contributed by atoms with E-state index in [-0.39, 0.29) is 24.5 Å². The van der Waals surface area contributed by atoms with Crippen LogP contribution in [0.4, 0.5) is 0 Å². The molecule has 2 aliphatic heterocycles. The number of ether oxygens (including phenoxy) is 6. The highest BCUT2D eigenvalue weighted by Gasteiger charge is 2.34. The second-order valence-corrected chi connectivity index (χ2v) is 11.1. The van der Waals surface area contributed by atoms with Crippen molar-refractivity contribution in [1.29, 1.82) is 0 Å². The largest absolute Gasteiger partial charge is 0.493 e. The van der Waals surface area contributed by atoms with Crippen molar-refractivity contribution in [2.75, 3.05) is 62.8 Å². The van der Waals surface area contributed by atoms with Crippen LogP contribution in [0.1, 0.15) is 52.4 Å². The van der Waals surface area contributed by atoms with Gasteiger partial charge in [0.15, 0.2) is 23.0 Å². The second-order valence-electron chi connectivity index (χ2n) is 11.1. The summed E-state index contributed by atoms with van der Waals surface area (Å²) in [4.78, 5) is 4.96. The first-order chi connectivity index (χ1) is 20.4. The van der Waals surface area contributed by atoms with E-state index in [0.29, 0.717) is 23.0 Å². The minimum atomic E-state index is 0. The number of benzene rings is 3. The molecule has 2 heterocycles. The normalized spacial score (nSPS) is 18.1. The molecule has 234 valence electrons. The van der Waals surface area contributed by atoms with Crippen molar-refractivity contribution < 1.29 is 28.4 Å². The summed E-state index contributed by atoms with van der Waals surface area (Å²) >= 11 is 0. The molecule has 2 aliphatic rings. The number of fused-ring (bicyclic) bond motifs is 2. The molecule has 0 spiro atoms. The number of halogens is 1. The van der Waals surface area contributed by atoms with Crippen molar-refractivity contribution >= 4 is 12.4 Å². The Bertz CT molecular complexity index is 1430. The predicted molar refractivity (Wildman–Crippen MR) is 171 cm³/mol. The molecule has 0 radical (unpaired) electrons. The number of likely N-dealkylation sites (N-methyl/N-ethyl adjacent to an activating group) is 1. The third-order valence-corrected chi connectivity index (χ3v) is 9.05. The molecule has 2 unspecified atom stereocenters. The first-order valence-corrected chi connectivity index (χ1v) is 14.5. The summed E-state index contributed by atoms with van der Waals surface area (Å²) in [5.41, 5.74) is 7.51. The van der Waals surface area contributed by atoms with Gasteiger partial charge in [-0.2, -0.15) is 0 Å². The molecule has 3 aromatic rings. The molecule has 43 heavy (non-hydrogen) atoms. The van der Waals surface area contributed by atoms with Crippen LogP contribution in [0.5, 0.6) is 34.5 Å². The molecular formula is C34H45ClN2O6. The molecule has 0 aliphatic carbocycles. The van der Waals surface area contributed by atoms with Crippen LogP contribution >= 0.6 is 12.4 Å². The Kier molecular flexibility index (Phi) is 10.6. The quantitative estimate of drug-likeness (QED) is 0.274. The Balaban J connectivity index is 0.00000423. The van der Waals surface area contributed by atoms with Gasteiger partial charge >= 0.3 is 0 Å². The van der Waals surface area contributed by atoms with E-state index in [0.717, 1.165) is 50.4 Å². The van der Waals surface area contributed by atoms with E-state index in [1.807, 2.05) is 0 Å². The fourth-order valence-corrected chi connectivity index (χ4v) is 6.82. The highest BCUT2D eigenvalue weighted by Crippen LogP contribution is 2.49. The second kappa shape index (κ2) is 14.0. The Morgan fingerprint density at radius 3 is 1.74 bits per heavy atom. The van der Waals surface area contributed by atoms with Crippen molar-refractivity contribution in [2.24, 2.45) is 0 Å². The lowest BCUT2D eigenvalue weighted by Gasteiger charge is -2.38. The van der Waals surface area contributed by atoms with Gasteiger partial charge in [-0.05, 0) is 67.6 Å². The molecule has 0 aromatic heterocycles. The van der Waals surface area contributed by atoms with Crippen LogP contribution in [-0.2, 0) is 25.8 Å². The van der Waals surface area contributed by atoms with Crippen molar-refractivity contribution in [3.63, 3.8) is 0 Å². The van der Waals surface area contributed by atoms with Gasteiger partial charge in [-0.1, -0.05) is 24.3 Å². The number of hydrogen-bond donors (Lipinski definition) is 0. The highest BCUT2D eigenvalue weighted by molar-refractivity contribution is 5.85. The summed E-state index contributed by atoms with van der Waals surface area (Å²) in [5, 5.41) is 0. The number of nitrogens with zero attached hydrogens (tertiary/aromatic N) is 2. The zero-order valence-corrected chi connectivity index (χ0v) is 27.4. The van der Waals surface area contributed by atoms with Gasteiger partial charge in [-0.15, -0.1) is 12.4 Å². The van der Waals surface area contributed by atoms with E-state index < -0.39 is 0 Å². The van der Waals surface area contributed by atoms with Gasteiger partial charge in [0.2, 0.25) is 11.5 Å². The average molecular weight is 613 g/mol. The lowest BCUT2D eigenvalue weighted by Crippen LogP contribution is -2.35. The van der Waals surface area contributed by atoms with Crippen molar-refractivity contribution in [1.82, 2.24) is 9.80 Å². The maximum absolute atomic E-state index is 5.98.